The highest BCUT2D eigenvalue weighted by atomic mass is 35.5. The topological polar surface area (TPSA) is 65.2 Å². The van der Waals surface area contributed by atoms with Crippen molar-refractivity contribution in [3.8, 4) is 5.75 Å². The van der Waals surface area contributed by atoms with Crippen LogP contribution in [0.15, 0.2) is 36.5 Å². The Morgan fingerprint density at radius 2 is 2.00 bits per heavy atom. The molecule has 0 fully saturated rings. The van der Waals surface area contributed by atoms with Gasteiger partial charge in [-0.25, -0.2) is 0 Å². The maximum Gasteiger partial charge on any atom is 0.311 e. The Morgan fingerprint density at radius 3 is 2.70 bits per heavy atom. The molecule has 1 aromatic carbocycles. The van der Waals surface area contributed by atoms with Crippen LogP contribution in [0, 0.1) is 5.41 Å². The number of carbonyl (C=O) groups excluding carboxylic acids is 1. The molecule has 20 heavy (non-hydrogen) atoms. The van der Waals surface area contributed by atoms with E-state index >= 15 is 0 Å². The van der Waals surface area contributed by atoms with Crippen LogP contribution in [0.5, 0.6) is 5.75 Å². The lowest BCUT2D eigenvalue weighted by Gasteiger charge is -2.20. The molecule has 4 nitrogen and oxygen atoms in total. The minimum atomic E-state index is -0.271. The molecular formula is C15H19ClN2O2. The maximum atomic E-state index is 11.9. The molecule has 0 spiro atoms. The first-order chi connectivity index (χ1) is 9.02. The fourth-order valence-corrected chi connectivity index (χ4v) is 1.78. The molecule has 0 aliphatic carbocycles. The first-order valence-electron chi connectivity index (χ1n) is 6.26. The number of halogens is 1. The van der Waals surface area contributed by atoms with E-state index in [9.17, 15) is 4.79 Å². The number of aromatic nitrogens is 1. The van der Waals surface area contributed by atoms with Crippen molar-refractivity contribution in [2.24, 2.45) is 11.1 Å². The summed E-state index contributed by atoms with van der Waals surface area (Å²) in [5.74, 6) is 0.273. The van der Waals surface area contributed by atoms with Gasteiger partial charge in [0.15, 0.2) is 0 Å². The first kappa shape index (κ1) is 16.4. The molecule has 0 aliphatic rings. The molecule has 2 N–H and O–H groups in total. The third kappa shape index (κ3) is 3.92. The van der Waals surface area contributed by atoms with Gasteiger partial charge in [-0.2, -0.15) is 0 Å². The van der Waals surface area contributed by atoms with E-state index in [1.807, 2.05) is 38.1 Å². The van der Waals surface area contributed by atoms with Gasteiger partial charge in [-0.1, -0.05) is 26.0 Å². The van der Waals surface area contributed by atoms with E-state index in [0.29, 0.717) is 18.7 Å². The predicted octanol–water partition coefficient (Wildman–Crippen LogP) is 2.94. The van der Waals surface area contributed by atoms with Gasteiger partial charge in [0.25, 0.3) is 0 Å². The van der Waals surface area contributed by atoms with Crippen LogP contribution in [0.3, 0.4) is 0 Å². The number of benzene rings is 1. The molecule has 0 saturated carbocycles. The highest BCUT2D eigenvalue weighted by molar-refractivity contribution is 5.87. The molecule has 5 heteroatoms. The summed E-state index contributed by atoms with van der Waals surface area (Å²) in [5, 5.41) is 0.837. The summed E-state index contributed by atoms with van der Waals surface area (Å²) in [5.41, 5.74) is 6.18. The second-order valence-electron chi connectivity index (χ2n) is 5.35. The third-order valence-corrected chi connectivity index (χ3v) is 3.01. The zero-order valence-corrected chi connectivity index (χ0v) is 12.4. The van der Waals surface area contributed by atoms with Gasteiger partial charge in [-0.05, 0) is 30.2 Å². The van der Waals surface area contributed by atoms with Crippen molar-refractivity contribution in [3.05, 3.63) is 36.5 Å². The van der Waals surface area contributed by atoms with Gasteiger partial charge >= 0.3 is 5.97 Å². The van der Waals surface area contributed by atoms with Gasteiger partial charge < -0.3 is 10.5 Å². The van der Waals surface area contributed by atoms with E-state index < -0.39 is 0 Å². The van der Waals surface area contributed by atoms with E-state index in [4.69, 9.17) is 10.5 Å². The van der Waals surface area contributed by atoms with Crippen LogP contribution >= 0.6 is 12.4 Å². The number of pyridine rings is 1. The quantitative estimate of drug-likeness (QED) is 0.881. The van der Waals surface area contributed by atoms with Crippen molar-refractivity contribution in [1.29, 1.82) is 0 Å². The molecule has 0 radical (unpaired) electrons. The molecule has 1 heterocycles. The lowest BCUT2D eigenvalue weighted by Crippen LogP contribution is -2.28. The van der Waals surface area contributed by atoms with Gasteiger partial charge in [0.2, 0.25) is 0 Å². The number of fused-ring (bicyclic) bond motifs is 1. The van der Waals surface area contributed by atoms with Gasteiger partial charge in [0.05, 0.1) is 11.9 Å². The molecule has 2 aromatic rings. The summed E-state index contributed by atoms with van der Waals surface area (Å²) < 4.78 is 5.43. The van der Waals surface area contributed by atoms with Gasteiger partial charge in [-0.15, -0.1) is 12.4 Å². The van der Waals surface area contributed by atoms with E-state index in [-0.39, 0.29) is 23.8 Å². The van der Waals surface area contributed by atoms with Crippen LogP contribution in [-0.4, -0.2) is 17.5 Å². The van der Waals surface area contributed by atoms with E-state index in [2.05, 4.69) is 4.98 Å². The molecule has 0 unspecified atom stereocenters. The Bertz CT molecular complexity index is 594. The largest absolute Gasteiger partial charge is 0.426 e. The van der Waals surface area contributed by atoms with E-state index in [1.165, 1.54) is 0 Å². The van der Waals surface area contributed by atoms with Crippen molar-refractivity contribution in [2.75, 3.05) is 6.54 Å². The number of esters is 1. The molecular weight excluding hydrogens is 276 g/mol. The predicted molar refractivity (Wildman–Crippen MR) is 82.1 cm³/mol. The number of nitrogens with two attached hydrogens (primary N) is 1. The Labute approximate surface area is 124 Å². The van der Waals surface area contributed by atoms with Crippen LogP contribution < -0.4 is 10.5 Å². The number of para-hydroxylation sites is 1. The Morgan fingerprint density at radius 1 is 1.30 bits per heavy atom. The van der Waals surface area contributed by atoms with Crippen molar-refractivity contribution < 1.29 is 9.53 Å². The molecule has 0 saturated heterocycles. The van der Waals surface area contributed by atoms with Crippen LogP contribution in [0.1, 0.15) is 20.3 Å². The minimum absolute atomic E-state index is 0. The van der Waals surface area contributed by atoms with Crippen molar-refractivity contribution >= 4 is 29.3 Å². The fraction of sp³-hybridized carbons (Fsp3) is 0.333. The lowest BCUT2D eigenvalue weighted by atomic mass is 9.90. The smallest absolute Gasteiger partial charge is 0.311 e. The molecule has 108 valence electrons. The molecule has 1 aromatic heterocycles. The average Bonchev–Trinajstić information content (AvgIpc) is 2.38. The molecule has 2 rings (SSSR count). The number of ether oxygens (including phenoxy) is 1. The number of hydrogen-bond acceptors (Lipinski definition) is 4. The number of nitrogens with zero attached hydrogens (tertiary/aromatic N) is 1. The van der Waals surface area contributed by atoms with Crippen molar-refractivity contribution in [2.45, 2.75) is 20.3 Å². The highest BCUT2D eigenvalue weighted by Gasteiger charge is 2.22. The van der Waals surface area contributed by atoms with Crippen LogP contribution in [0.4, 0.5) is 0 Å². The van der Waals surface area contributed by atoms with Crippen LogP contribution in [0.2, 0.25) is 0 Å². The van der Waals surface area contributed by atoms with Gasteiger partial charge in [-0.3, -0.25) is 9.78 Å². The fourth-order valence-electron chi connectivity index (χ4n) is 1.78. The van der Waals surface area contributed by atoms with Crippen LogP contribution in [0.25, 0.3) is 10.9 Å². The maximum absolute atomic E-state index is 11.9. The highest BCUT2D eigenvalue weighted by Crippen LogP contribution is 2.25. The number of rotatable bonds is 4. The summed E-state index contributed by atoms with van der Waals surface area (Å²) in [6.07, 6.45) is 1.93. The summed E-state index contributed by atoms with van der Waals surface area (Å²) in [6, 6.07) is 9.27. The standard InChI is InChI=1S/C15H18N2O2.ClH/c1-15(2,10-16)9-14(18)19-13-7-8-17-12-6-4-3-5-11(12)13;/h3-8H,9-10,16H2,1-2H3;1H. The summed E-state index contributed by atoms with van der Waals surface area (Å²) in [7, 11) is 0. The zero-order valence-electron chi connectivity index (χ0n) is 11.6. The first-order valence-corrected chi connectivity index (χ1v) is 6.26. The molecule has 0 amide bonds. The molecule has 0 atom stereocenters. The van der Waals surface area contributed by atoms with E-state index in [0.717, 1.165) is 10.9 Å². The number of hydrogen-bond donors (Lipinski definition) is 1. The SMILES string of the molecule is CC(C)(CN)CC(=O)Oc1ccnc2ccccc12.Cl. The van der Waals surface area contributed by atoms with Gasteiger partial charge in [0.1, 0.15) is 5.75 Å². The minimum Gasteiger partial charge on any atom is -0.426 e. The lowest BCUT2D eigenvalue weighted by molar-refractivity contribution is -0.136. The van der Waals surface area contributed by atoms with E-state index in [1.54, 1.807) is 12.3 Å². The average molecular weight is 295 g/mol. The zero-order chi connectivity index (χ0) is 13.9. The van der Waals surface area contributed by atoms with Crippen LogP contribution in [-0.2, 0) is 4.79 Å². The number of carbonyl (C=O) groups is 1. The second kappa shape index (κ2) is 6.68. The Kier molecular flexibility index (Phi) is 5.48. The Hall–Kier alpha value is -1.65. The summed E-state index contributed by atoms with van der Waals surface area (Å²) in [4.78, 5) is 16.2. The summed E-state index contributed by atoms with van der Waals surface area (Å²) in [6.45, 7) is 4.33. The Balaban J connectivity index is 0.00000200. The summed E-state index contributed by atoms with van der Waals surface area (Å²) >= 11 is 0. The van der Waals surface area contributed by atoms with Crippen molar-refractivity contribution in [1.82, 2.24) is 4.98 Å². The molecule has 0 aliphatic heterocycles. The normalized spacial score (nSPS) is 10.9. The van der Waals surface area contributed by atoms with Crippen molar-refractivity contribution in [3.63, 3.8) is 0 Å². The second-order valence-corrected chi connectivity index (χ2v) is 5.35. The molecule has 0 bridgehead atoms. The van der Waals surface area contributed by atoms with Gasteiger partial charge in [0, 0.05) is 11.6 Å². The third-order valence-electron chi connectivity index (χ3n) is 3.01. The monoisotopic (exact) mass is 294 g/mol.